The summed E-state index contributed by atoms with van der Waals surface area (Å²) in [4.78, 5) is 2.57. The first kappa shape index (κ1) is 14.6. The van der Waals surface area contributed by atoms with Crippen molar-refractivity contribution in [2.75, 3.05) is 33.4 Å². The van der Waals surface area contributed by atoms with Crippen LogP contribution in [0.3, 0.4) is 0 Å². The molecule has 2 aliphatic heterocycles. The molecule has 1 aromatic carbocycles. The number of benzene rings is 1. The van der Waals surface area contributed by atoms with Crippen LogP contribution >= 0.6 is 0 Å². The summed E-state index contributed by atoms with van der Waals surface area (Å²) >= 11 is 0. The normalized spacial score (nSPS) is 30.8. The molecular formula is C18H24FNO2. The molecule has 0 radical (unpaired) electrons. The predicted octanol–water partition coefficient (Wildman–Crippen LogP) is 3.04. The molecule has 2 heterocycles. The summed E-state index contributed by atoms with van der Waals surface area (Å²) in [7, 11) is 1.77. The van der Waals surface area contributed by atoms with Gasteiger partial charge in [-0.25, -0.2) is 4.39 Å². The summed E-state index contributed by atoms with van der Waals surface area (Å²) in [6, 6.07) is 5.83. The lowest BCUT2D eigenvalue weighted by Crippen LogP contribution is -2.46. The lowest BCUT2D eigenvalue weighted by molar-refractivity contribution is 0.0575. The van der Waals surface area contributed by atoms with Crippen LogP contribution in [0.1, 0.15) is 42.9 Å². The monoisotopic (exact) mass is 305 g/mol. The summed E-state index contributed by atoms with van der Waals surface area (Å²) in [5.74, 6) is -0.124. The Morgan fingerprint density at radius 2 is 2.14 bits per heavy atom. The molecule has 0 unspecified atom stereocenters. The zero-order valence-corrected chi connectivity index (χ0v) is 13.2. The molecule has 3 nitrogen and oxygen atoms in total. The molecule has 0 amide bonds. The van der Waals surface area contributed by atoms with Gasteiger partial charge in [-0.2, -0.15) is 0 Å². The number of rotatable bonds is 2. The number of piperidine rings is 1. The number of nitrogens with zero attached hydrogens (tertiary/aromatic N) is 1. The number of likely N-dealkylation sites (tertiary alicyclic amines) is 1. The van der Waals surface area contributed by atoms with Crippen LogP contribution in [0.15, 0.2) is 18.2 Å². The number of halogens is 1. The van der Waals surface area contributed by atoms with Gasteiger partial charge in [0, 0.05) is 25.2 Å². The summed E-state index contributed by atoms with van der Waals surface area (Å²) in [5.41, 5.74) is 2.50. The van der Waals surface area contributed by atoms with Crippen molar-refractivity contribution in [2.45, 2.75) is 43.2 Å². The number of fused-ring (bicyclic) bond motifs is 2. The van der Waals surface area contributed by atoms with Crippen molar-refractivity contribution in [3.8, 4) is 0 Å². The van der Waals surface area contributed by atoms with Crippen LogP contribution in [0.2, 0.25) is 0 Å². The van der Waals surface area contributed by atoms with Crippen molar-refractivity contribution in [2.24, 2.45) is 0 Å². The zero-order chi connectivity index (χ0) is 15.2. The second kappa shape index (κ2) is 5.59. The molecule has 1 aliphatic carbocycles. The smallest absolute Gasteiger partial charge is 0.123 e. The molecule has 120 valence electrons. The molecule has 0 saturated carbocycles. The topological polar surface area (TPSA) is 21.7 Å². The van der Waals surface area contributed by atoms with Crippen molar-refractivity contribution in [1.29, 1.82) is 0 Å². The fourth-order valence-electron chi connectivity index (χ4n) is 4.65. The van der Waals surface area contributed by atoms with Gasteiger partial charge < -0.3 is 9.47 Å². The van der Waals surface area contributed by atoms with Crippen LogP contribution in [-0.4, -0.2) is 44.4 Å². The average molecular weight is 305 g/mol. The second-order valence-electron chi connectivity index (χ2n) is 6.99. The maximum atomic E-state index is 13.8. The molecular weight excluding hydrogens is 281 g/mol. The second-order valence-corrected chi connectivity index (χ2v) is 6.99. The van der Waals surface area contributed by atoms with Gasteiger partial charge in [0.15, 0.2) is 0 Å². The molecule has 22 heavy (non-hydrogen) atoms. The maximum Gasteiger partial charge on any atom is 0.123 e. The van der Waals surface area contributed by atoms with E-state index in [0.717, 1.165) is 52.0 Å². The average Bonchev–Trinajstić information content (AvgIpc) is 3.16. The minimum Gasteiger partial charge on any atom is -0.380 e. The standard InChI is InChI=1S/C18H24FNO2/c1-21-17-11-18(16-10-13(19)2-3-15(16)17)5-7-20(8-6-18)14-4-9-22-12-14/h2-3,10,14,17H,4-9,11-12H2,1H3/t14-,17-/m1/s1. The van der Waals surface area contributed by atoms with E-state index in [1.165, 1.54) is 11.1 Å². The van der Waals surface area contributed by atoms with Crippen molar-refractivity contribution in [3.63, 3.8) is 0 Å². The highest BCUT2D eigenvalue weighted by molar-refractivity contribution is 5.42. The zero-order valence-electron chi connectivity index (χ0n) is 13.2. The molecule has 0 bridgehead atoms. The minimum atomic E-state index is -0.124. The molecule has 2 saturated heterocycles. The molecule has 2 atom stereocenters. The van der Waals surface area contributed by atoms with E-state index >= 15 is 0 Å². The molecule has 0 N–H and O–H groups in total. The van der Waals surface area contributed by atoms with E-state index in [2.05, 4.69) is 4.90 Å². The van der Waals surface area contributed by atoms with Gasteiger partial charge in [-0.1, -0.05) is 6.07 Å². The Kier molecular flexibility index (Phi) is 3.71. The van der Waals surface area contributed by atoms with Crippen LogP contribution in [0.5, 0.6) is 0 Å². The Morgan fingerprint density at radius 1 is 1.32 bits per heavy atom. The Morgan fingerprint density at radius 3 is 2.82 bits per heavy atom. The van der Waals surface area contributed by atoms with Gasteiger partial charge >= 0.3 is 0 Å². The lowest BCUT2D eigenvalue weighted by Gasteiger charge is -2.42. The Hall–Kier alpha value is -0.970. The Labute approximate surface area is 131 Å². The van der Waals surface area contributed by atoms with Gasteiger partial charge in [0.05, 0.1) is 12.7 Å². The number of ether oxygens (including phenoxy) is 2. The van der Waals surface area contributed by atoms with Gasteiger partial charge in [-0.3, -0.25) is 4.90 Å². The summed E-state index contributed by atoms with van der Waals surface area (Å²) < 4.78 is 25.0. The third-order valence-corrected chi connectivity index (χ3v) is 5.97. The fraction of sp³-hybridized carbons (Fsp3) is 0.667. The van der Waals surface area contributed by atoms with E-state index < -0.39 is 0 Å². The van der Waals surface area contributed by atoms with E-state index in [9.17, 15) is 4.39 Å². The molecule has 1 aromatic rings. The largest absolute Gasteiger partial charge is 0.380 e. The van der Waals surface area contributed by atoms with Gasteiger partial charge in [-0.05, 0) is 62.0 Å². The SMILES string of the molecule is CO[C@@H]1CC2(CCN([C@@H]3CCOC3)CC2)c2cc(F)ccc21. The Balaban J connectivity index is 1.57. The van der Waals surface area contributed by atoms with Crippen LogP contribution < -0.4 is 0 Å². The van der Waals surface area contributed by atoms with Crippen LogP contribution in [0, 0.1) is 5.82 Å². The summed E-state index contributed by atoms with van der Waals surface area (Å²) in [6.45, 7) is 3.94. The van der Waals surface area contributed by atoms with Crippen molar-refractivity contribution >= 4 is 0 Å². The van der Waals surface area contributed by atoms with Crippen LogP contribution in [0.25, 0.3) is 0 Å². The first-order chi connectivity index (χ1) is 10.7. The lowest BCUT2D eigenvalue weighted by atomic mass is 9.73. The van der Waals surface area contributed by atoms with E-state index in [0.29, 0.717) is 6.04 Å². The first-order valence-corrected chi connectivity index (χ1v) is 8.36. The van der Waals surface area contributed by atoms with Crippen molar-refractivity contribution in [1.82, 2.24) is 4.90 Å². The van der Waals surface area contributed by atoms with Gasteiger partial charge in [0.2, 0.25) is 0 Å². The van der Waals surface area contributed by atoms with Crippen molar-refractivity contribution < 1.29 is 13.9 Å². The third-order valence-electron chi connectivity index (χ3n) is 5.97. The van der Waals surface area contributed by atoms with Crippen molar-refractivity contribution in [3.05, 3.63) is 35.1 Å². The highest BCUT2D eigenvalue weighted by Crippen LogP contribution is 2.52. The number of hydrogen-bond donors (Lipinski definition) is 0. The van der Waals surface area contributed by atoms with Crippen LogP contribution in [-0.2, 0) is 14.9 Å². The highest BCUT2D eigenvalue weighted by Gasteiger charge is 2.46. The molecule has 2 fully saturated rings. The molecule has 0 aromatic heterocycles. The quantitative estimate of drug-likeness (QED) is 0.838. The first-order valence-electron chi connectivity index (χ1n) is 8.36. The van der Waals surface area contributed by atoms with E-state index in [-0.39, 0.29) is 17.3 Å². The molecule has 4 heteroatoms. The van der Waals surface area contributed by atoms with E-state index in [1.54, 1.807) is 19.2 Å². The predicted molar refractivity (Wildman–Crippen MR) is 82.5 cm³/mol. The fourth-order valence-corrected chi connectivity index (χ4v) is 4.65. The third kappa shape index (κ3) is 2.29. The highest BCUT2D eigenvalue weighted by atomic mass is 19.1. The van der Waals surface area contributed by atoms with E-state index in [4.69, 9.17) is 9.47 Å². The minimum absolute atomic E-state index is 0.105. The van der Waals surface area contributed by atoms with Gasteiger partial charge in [-0.15, -0.1) is 0 Å². The Bertz CT molecular complexity index is 548. The number of hydrogen-bond acceptors (Lipinski definition) is 3. The summed E-state index contributed by atoms with van der Waals surface area (Å²) in [5, 5.41) is 0. The molecule has 1 spiro atoms. The summed E-state index contributed by atoms with van der Waals surface area (Å²) in [6.07, 6.45) is 4.47. The molecule has 3 aliphatic rings. The van der Waals surface area contributed by atoms with Gasteiger partial charge in [0.1, 0.15) is 5.82 Å². The van der Waals surface area contributed by atoms with E-state index in [1.807, 2.05) is 6.07 Å². The van der Waals surface area contributed by atoms with Gasteiger partial charge in [0.25, 0.3) is 0 Å². The molecule has 4 rings (SSSR count). The number of methoxy groups -OCH3 is 1. The van der Waals surface area contributed by atoms with Crippen LogP contribution in [0.4, 0.5) is 4.39 Å². The maximum absolute atomic E-state index is 13.8.